The maximum absolute atomic E-state index is 14.3. The van der Waals surface area contributed by atoms with E-state index in [1.165, 1.54) is 18.2 Å². The van der Waals surface area contributed by atoms with Crippen molar-refractivity contribution < 1.29 is 13.2 Å². The summed E-state index contributed by atoms with van der Waals surface area (Å²) in [7, 11) is 0. The van der Waals surface area contributed by atoms with Crippen LogP contribution >= 0.6 is 0 Å². The summed E-state index contributed by atoms with van der Waals surface area (Å²) in [5.41, 5.74) is 1.97. The SMILES string of the molecule is Fc1ccccc1/C=C\c1cc(/C=C\c2ccccc2F)nc(-c2ccccc2F)n1. The van der Waals surface area contributed by atoms with E-state index < -0.39 is 5.82 Å². The molecule has 1 heterocycles. The van der Waals surface area contributed by atoms with Crippen molar-refractivity contribution in [1.82, 2.24) is 9.97 Å². The highest BCUT2D eigenvalue weighted by molar-refractivity contribution is 5.73. The van der Waals surface area contributed by atoms with E-state index >= 15 is 0 Å². The smallest absolute Gasteiger partial charge is 0.163 e. The highest BCUT2D eigenvalue weighted by atomic mass is 19.1. The minimum absolute atomic E-state index is 0.182. The molecule has 0 fully saturated rings. The summed E-state index contributed by atoms with van der Waals surface area (Å²) >= 11 is 0. The molecule has 0 amide bonds. The third-order valence-electron chi connectivity index (χ3n) is 4.56. The second-order valence-corrected chi connectivity index (χ2v) is 6.73. The number of rotatable bonds is 5. The van der Waals surface area contributed by atoms with Crippen LogP contribution in [0.4, 0.5) is 13.2 Å². The third-order valence-corrected chi connectivity index (χ3v) is 4.56. The van der Waals surface area contributed by atoms with Crippen molar-refractivity contribution in [3.05, 3.63) is 119 Å². The number of benzene rings is 3. The van der Waals surface area contributed by atoms with Crippen LogP contribution < -0.4 is 0 Å². The first-order valence-corrected chi connectivity index (χ1v) is 9.59. The van der Waals surface area contributed by atoms with Crippen LogP contribution in [0.3, 0.4) is 0 Å². The zero-order valence-electron chi connectivity index (χ0n) is 16.3. The van der Waals surface area contributed by atoms with Gasteiger partial charge < -0.3 is 0 Å². The topological polar surface area (TPSA) is 25.8 Å². The molecule has 0 aliphatic rings. The van der Waals surface area contributed by atoms with Gasteiger partial charge in [0.25, 0.3) is 0 Å². The van der Waals surface area contributed by atoms with Crippen LogP contribution in [0.2, 0.25) is 0 Å². The fraction of sp³-hybridized carbons (Fsp3) is 0. The largest absolute Gasteiger partial charge is 0.228 e. The molecule has 0 bridgehead atoms. The van der Waals surface area contributed by atoms with Crippen LogP contribution in [0.5, 0.6) is 0 Å². The summed E-state index contributed by atoms with van der Waals surface area (Å²) in [6, 6.07) is 20.6. The Labute approximate surface area is 178 Å². The Morgan fingerprint density at radius 1 is 0.516 bits per heavy atom. The van der Waals surface area contributed by atoms with Gasteiger partial charge in [0.2, 0.25) is 0 Å². The maximum atomic E-state index is 14.3. The van der Waals surface area contributed by atoms with Gasteiger partial charge in [-0.15, -0.1) is 0 Å². The van der Waals surface area contributed by atoms with Gasteiger partial charge in [-0.05, 0) is 54.6 Å². The van der Waals surface area contributed by atoms with Crippen molar-refractivity contribution >= 4 is 24.3 Å². The normalized spacial score (nSPS) is 11.5. The summed E-state index contributed by atoms with van der Waals surface area (Å²) in [5, 5.41) is 0. The molecule has 152 valence electrons. The zero-order chi connectivity index (χ0) is 21.6. The van der Waals surface area contributed by atoms with Crippen molar-refractivity contribution in [2.24, 2.45) is 0 Å². The molecule has 4 rings (SSSR count). The van der Waals surface area contributed by atoms with Gasteiger partial charge in [0, 0.05) is 11.1 Å². The highest BCUT2D eigenvalue weighted by Crippen LogP contribution is 2.22. The van der Waals surface area contributed by atoms with Gasteiger partial charge in [0.05, 0.1) is 17.0 Å². The molecule has 3 aromatic carbocycles. The molecule has 0 aliphatic carbocycles. The molecular weight excluding hydrogens is 397 g/mol. The Morgan fingerprint density at radius 3 is 1.45 bits per heavy atom. The van der Waals surface area contributed by atoms with E-state index in [0.717, 1.165) is 0 Å². The lowest BCUT2D eigenvalue weighted by atomic mass is 10.1. The molecule has 1 aromatic heterocycles. The second-order valence-electron chi connectivity index (χ2n) is 6.73. The van der Waals surface area contributed by atoms with Crippen LogP contribution in [-0.2, 0) is 0 Å². The molecule has 0 saturated heterocycles. The number of hydrogen-bond acceptors (Lipinski definition) is 2. The summed E-state index contributed by atoms with van der Waals surface area (Å²) in [5.74, 6) is -0.993. The lowest BCUT2D eigenvalue weighted by molar-refractivity contribution is 0.625. The predicted octanol–water partition coefficient (Wildman–Crippen LogP) is 6.90. The van der Waals surface area contributed by atoms with Crippen LogP contribution in [0, 0.1) is 17.5 Å². The highest BCUT2D eigenvalue weighted by Gasteiger charge is 2.09. The maximum Gasteiger partial charge on any atom is 0.163 e. The summed E-state index contributed by atoms with van der Waals surface area (Å²) in [6.07, 6.45) is 6.44. The standard InChI is InChI=1S/C26H17F3N2/c27-23-10-4-1-7-18(23)13-15-20-17-21(16-14-19-8-2-5-11-24(19)28)31-26(30-20)22-9-3-6-12-25(22)29/h1-17H/b15-13-,16-14-. The molecule has 0 N–H and O–H groups in total. The van der Waals surface area contributed by atoms with Crippen molar-refractivity contribution in [3.63, 3.8) is 0 Å². The van der Waals surface area contributed by atoms with E-state index in [-0.39, 0.29) is 23.0 Å². The predicted molar refractivity (Wildman–Crippen MR) is 118 cm³/mol. The van der Waals surface area contributed by atoms with Crippen LogP contribution in [0.25, 0.3) is 35.7 Å². The molecule has 0 spiro atoms. The van der Waals surface area contributed by atoms with E-state index in [9.17, 15) is 13.2 Å². The molecule has 0 saturated carbocycles. The quantitative estimate of drug-likeness (QED) is 0.355. The van der Waals surface area contributed by atoms with Crippen LogP contribution in [0.15, 0.2) is 78.9 Å². The number of aromatic nitrogens is 2. The Bertz CT molecular complexity index is 1210. The van der Waals surface area contributed by atoms with E-state index in [0.29, 0.717) is 22.5 Å². The first-order valence-electron chi connectivity index (χ1n) is 9.59. The van der Waals surface area contributed by atoms with E-state index in [2.05, 4.69) is 9.97 Å². The minimum atomic E-state index is -0.457. The van der Waals surface area contributed by atoms with Gasteiger partial charge in [-0.1, -0.05) is 48.5 Å². The minimum Gasteiger partial charge on any atom is -0.228 e. The molecular formula is C26H17F3N2. The van der Waals surface area contributed by atoms with E-state index in [4.69, 9.17) is 0 Å². The van der Waals surface area contributed by atoms with Gasteiger partial charge in [-0.2, -0.15) is 0 Å². The van der Waals surface area contributed by atoms with Gasteiger partial charge in [0.1, 0.15) is 17.5 Å². The number of hydrogen-bond donors (Lipinski definition) is 0. The first-order chi connectivity index (χ1) is 15.1. The van der Waals surface area contributed by atoms with Gasteiger partial charge >= 0.3 is 0 Å². The van der Waals surface area contributed by atoms with E-state index in [1.54, 1.807) is 85.0 Å². The van der Waals surface area contributed by atoms with Crippen molar-refractivity contribution in [1.29, 1.82) is 0 Å². The lowest BCUT2D eigenvalue weighted by Gasteiger charge is -2.05. The number of halogens is 3. The summed E-state index contributed by atoms with van der Waals surface area (Å²) < 4.78 is 42.2. The molecule has 0 radical (unpaired) electrons. The first kappa shape index (κ1) is 20.3. The fourth-order valence-corrected chi connectivity index (χ4v) is 2.99. The number of nitrogens with zero attached hydrogens (tertiary/aromatic N) is 2. The van der Waals surface area contributed by atoms with Gasteiger partial charge in [0.15, 0.2) is 5.82 Å². The third kappa shape index (κ3) is 4.95. The Hall–Kier alpha value is -3.99. The zero-order valence-corrected chi connectivity index (χ0v) is 16.3. The Balaban J connectivity index is 1.76. The van der Waals surface area contributed by atoms with Crippen LogP contribution in [-0.4, -0.2) is 9.97 Å². The molecule has 31 heavy (non-hydrogen) atoms. The average Bonchev–Trinajstić information content (AvgIpc) is 2.78. The van der Waals surface area contributed by atoms with Crippen molar-refractivity contribution in [2.75, 3.05) is 0 Å². The lowest BCUT2D eigenvalue weighted by Crippen LogP contribution is -1.97. The molecule has 0 unspecified atom stereocenters. The molecule has 5 heteroatoms. The molecule has 0 atom stereocenters. The van der Waals surface area contributed by atoms with Crippen molar-refractivity contribution in [2.45, 2.75) is 0 Å². The molecule has 0 aliphatic heterocycles. The monoisotopic (exact) mass is 414 g/mol. The molecule has 2 nitrogen and oxygen atoms in total. The average molecular weight is 414 g/mol. The van der Waals surface area contributed by atoms with Gasteiger partial charge in [-0.3, -0.25) is 0 Å². The molecule has 4 aromatic rings. The Morgan fingerprint density at radius 2 is 0.968 bits per heavy atom. The van der Waals surface area contributed by atoms with Crippen molar-refractivity contribution in [3.8, 4) is 11.4 Å². The second kappa shape index (κ2) is 9.22. The van der Waals surface area contributed by atoms with Crippen LogP contribution in [0.1, 0.15) is 22.5 Å². The summed E-state index contributed by atoms with van der Waals surface area (Å²) in [4.78, 5) is 8.83. The fourth-order valence-electron chi connectivity index (χ4n) is 2.99. The Kier molecular flexibility index (Phi) is 6.03. The van der Waals surface area contributed by atoms with E-state index in [1.807, 2.05) is 0 Å². The van der Waals surface area contributed by atoms with Gasteiger partial charge in [-0.25, -0.2) is 23.1 Å². The summed E-state index contributed by atoms with van der Waals surface area (Å²) in [6.45, 7) is 0.